The molecular weight excluding hydrogens is 276 g/mol. The third-order valence-electron chi connectivity index (χ3n) is 1.97. The number of hydrogen-bond acceptors (Lipinski definition) is 6. The third-order valence-corrected chi connectivity index (χ3v) is 1.97. The van der Waals surface area contributed by atoms with Crippen molar-refractivity contribution in [3.05, 3.63) is 0 Å². The van der Waals surface area contributed by atoms with Crippen LogP contribution < -0.4 is 11.5 Å². The zero-order valence-electron chi connectivity index (χ0n) is 10.6. The van der Waals surface area contributed by atoms with Gasteiger partial charge in [0.25, 0.3) is 0 Å². The molecule has 10 heteroatoms. The van der Waals surface area contributed by atoms with Crippen molar-refractivity contribution >= 4 is 23.9 Å². The fourth-order valence-corrected chi connectivity index (χ4v) is 0.805. The van der Waals surface area contributed by atoms with Gasteiger partial charge >= 0.3 is 23.9 Å². The van der Waals surface area contributed by atoms with Crippen LogP contribution in [0.1, 0.15) is 25.7 Å². The standard InChI is InChI=1S/2C5H9NO4/c2*6-3(5(9)10)1-2-4(7)8/h2*3H,1-2,6H2,(H,7,8)(H,9,10). The molecule has 0 fully saturated rings. The first-order chi connectivity index (χ1) is 9.07. The van der Waals surface area contributed by atoms with Crippen LogP contribution in [0.4, 0.5) is 0 Å². The zero-order chi connectivity index (χ0) is 16.3. The van der Waals surface area contributed by atoms with Crippen molar-refractivity contribution in [1.82, 2.24) is 0 Å². The summed E-state index contributed by atoms with van der Waals surface area (Å²) in [6, 6.07) is -2.12. The highest BCUT2D eigenvalue weighted by Gasteiger charge is 2.12. The Balaban J connectivity index is 0. The van der Waals surface area contributed by atoms with Crippen LogP contribution in [0, 0.1) is 0 Å². The SMILES string of the molecule is NC(CCC(=O)O)C(=O)O.NC(CCC(=O)O)C(=O)O. The Morgan fingerprint density at radius 2 is 0.950 bits per heavy atom. The van der Waals surface area contributed by atoms with Gasteiger partial charge in [-0.25, -0.2) is 0 Å². The van der Waals surface area contributed by atoms with Crippen molar-refractivity contribution in [2.75, 3.05) is 0 Å². The fourth-order valence-electron chi connectivity index (χ4n) is 0.805. The second-order valence-electron chi connectivity index (χ2n) is 3.75. The lowest BCUT2D eigenvalue weighted by molar-refractivity contribution is -0.141. The number of aliphatic carboxylic acids is 4. The second kappa shape index (κ2) is 10.7. The summed E-state index contributed by atoms with van der Waals surface area (Å²) >= 11 is 0. The lowest BCUT2D eigenvalue weighted by Gasteiger charge is -2.01. The van der Waals surface area contributed by atoms with E-state index in [1.165, 1.54) is 0 Å². The van der Waals surface area contributed by atoms with Crippen molar-refractivity contribution < 1.29 is 39.6 Å². The van der Waals surface area contributed by atoms with Gasteiger partial charge < -0.3 is 31.9 Å². The molecular formula is C10H18N2O8. The first kappa shape index (κ1) is 20.1. The van der Waals surface area contributed by atoms with Crippen LogP contribution >= 0.6 is 0 Å². The molecule has 0 aromatic heterocycles. The average molecular weight is 294 g/mol. The molecule has 10 nitrogen and oxygen atoms in total. The first-order valence-electron chi connectivity index (χ1n) is 5.48. The molecule has 116 valence electrons. The maximum atomic E-state index is 9.99. The van der Waals surface area contributed by atoms with Crippen LogP contribution in [0.2, 0.25) is 0 Å². The number of nitrogens with two attached hydrogens (primary N) is 2. The van der Waals surface area contributed by atoms with Gasteiger partial charge in [-0.2, -0.15) is 0 Å². The topological polar surface area (TPSA) is 201 Å². The molecule has 0 saturated heterocycles. The van der Waals surface area contributed by atoms with Gasteiger partial charge in [-0.05, 0) is 12.8 Å². The van der Waals surface area contributed by atoms with E-state index in [0.717, 1.165) is 0 Å². The van der Waals surface area contributed by atoms with E-state index in [2.05, 4.69) is 0 Å². The van der Waals surface area contributed by atoms with Crippen LogP contribution in [0.3, 0.4) is 0 Å². The highest BCUT2D eigenvalue weighted by Crippen LogP contribution is 1.94. The summed E-state index contributed by atoms with van der Waals surface area (Å²) in [4.78, 5) is 39.7. The normalized spacial score (nSPS) is 12.5. The van der Waals surface area contributed by atoms with Crippen molar-refractivity contribution in [1.29, 1.82) is 0 Å². The highest BCUT2D eigenvalue weighted by atomic mass is 16.4. The maximum absolute atomic E-state index is 9.99. The van der Waals surface area contributed by atoms with Gasteiger partial charge in [-0.1, -0.05) is 0 Å². The number of carbonyl (C=O) groups is 4. The van der Waals surface area contributed by atoms with Crippen LogP contribution in [0.25, 0.3) is 0 Å². The molecule has 20 heavy (non-hydrogen) atoms. The Bertz CT molecular complexity index is 323. The van der Waals surface area contributed by atoms with E-state index in [9.17, 15) is 19.2 Å². The lowest BCUT2D eigenvalue weighted by atomic mass is 10.2. The smallest absolute Gasteiger partial charge is 0.320 e. The minimum absolute atomic E-state index is 0.0231. The number of carboxylic acids is 4. The lowest BCUT2D eigenvalue weighted by Crippen LogP contribution is -2.30. The summed E-state index contributed by atoms with van der Waals surface area (Å²) in [5.41, 5.74) is 10.0. The van der Waals surface area contributed by atoms with E-state index in [1.54, 1.807) is 0 Å². The molecule has 0 spiro atoms. The van der Waals surface area contributed by atoms with Gasteiger partial charge in [0.2, 0.25) is 0 Å². The summed E-state index contributed by atoms with van der Waals surface area (Å²) in [7, 11) is 0. The monoisotopic (exact) mass is 294 g/mol. The van der Waals surface area contributed by atoms with Crippen molar-refractivity contribution in [2.24, 2.45) is 11.5 Å². The molecule has 2 unspecified atom stereocenters. The van der Waals surface area contributed by atoms with Gasteiger partial charge in [0.1, 0.15) is 12.1 Å². The molecule has 0 aliphatic carbocycles. The molecule has 0 aromatic carbocycles. The second-order valence-corrected chi connectivity index (χ2v) is 3.75. The van der Waals surface area contributed by atoms with Gasteiger partial charge in [0.05, 0.1) is 0 Å². The third kappa shape index (κ3) is 13.9. The van der Waals surface area contributed by atoms with Crippen molar-refractivity contribution in [3.8, 4) is 0 Å². The largest absolute Gasteiger partial charge is 0.481 e. The summed E-state index contributed by atoms with van der Waals surface area (Å²) in [6.45, 7) is 0. The van der Waals surface area contributed by atoms with Gasteiger partial charge in [0.15, 0.2) is 0 Å². The first-order valence-corrected chi connectivity index (χ1v) is 5.48. The summed E-state index contributed by atoms with van der Waals surface area (Å²) in [5, 5.41) is 32.5. The predicted molar refractivity (Wildman–Crippen MR) is 65.0 cm³/mol. The highest BCUT2D eigenvalue weighted by molar-refractivity contribution is 5.75. The summed E-state index contributed by atoms with van der Waals surface area (Å²) in [6.07, 6.45) is -0.448. The molecule has 0 aromatic rings. The van der Waals surface area contributed by atoms with E-state index in [-0.39, 0.29) is 25.7 Å². The van der Waals surface area contributed by atoms with Gasteiger partial charge in [0, 0.05) is 12.8 Å². The van der Waals surface area contributed by atoms with Crippen molar-refractivity contribution in [2.45, 2.75) is 37.8 Å². The molecule has 8 N–H and O–H groups in total. The quantitative estimate of drug-likeness (QED) is 0.306. The number of hydrogen-bond donors (Lipinski definition) is 6. The molecule has 0 bridgehead atoms. The molecule has 0 aliphatic heterocycles. The fraction of sp³-hybridized carbons (Fsp3) is 0.600. The maximum Gasteiger partial charge on any atom is 0.320 e. The van der Waals surface area contributed by atoms with Crippen molar-refractivity contribution in [3.63, 3.8) is 0 Å². The summed E-state index contributed by atoms with van der Waals surface area (Å²) in [5.74, 6) is -4.39. The Hall–Kier alpha value is -2.20. The Morgan fingerprint density at radius 1 is 0.700 bits per heavy atom. The molecule has 0 rings (SSSR count). The Morgan fingerprint density at radius 3 is 1.10 bits per heavy atom. The van der Waals surface area contributed by atoms with E-state index in [1.807, 2.05) is 0 Å². The number of carboxylic acid groups (broad SMARTS) is 4. The average Bonchev–Trinajstić information content (AvgIpc) is 2.33. The minimum atomic E-state index is -1.17. The van der Waals surface area contributed by atoms with E-state index >= 15 is 0 Å². The molecule has 2 atom stereocenters. The molecule has 0 radical (unpaired) electrons. The van der Waals surface area contributed by atoms with Gasteiger partial charge in [-0.15, -0.1) is 0 Å². The zero-order valence-corrected chi connectivity index (χ0v) is 10.6. The van der Waals surface area contributed by atoms with Crippen LogP contribution in [0.15, 0.2) is 0 Å². The van der Waals surface area contributed by atoms with E-state index in [0.29, 0.717) is 0 Å². The van der Waals surface area contributed by atoms with Crippen LogP contribution in [-0.4, -0.2) is 56.4 Å². The Labute approximate surface area is 114 Å². The summed E-state index contributed by atoms with van der Waals surface area (Å²) < 4.78 is 0. The minimum Gasteiger partial charge on any atom is -0.481 e. The molecule has 0 heterocycles. The van der Waals surface area contributed by atoms with Crippen LogP contribution in [-0.2, 0) is 19.2 Å². The molecule has 0 saturated carbocycles. The predicted octanol–water partition coefficient (Wildman–Crippen LogP) is -1.47. The van der Waals surface area contributed by atoms with E-state index < -0.39 is 36.0 Å². The van der Waals surface area contributed by atoms with Crippen LogP contribution in [0.5, 0.6) is 0 Å². The Kier molecular flexibility index (Phi) is 10.8. The molecule has 0 aliphatic rings. The molecule has 0 amide bonds. The van der Waals surface area contributed by atoms with Gasteiger partial charge in [-0.3, -0.25) is 19.2 Å². The van der Waals surface area contributed by atoms with E-state index in [4.69, 9.17) is 31.9 Å². The number of rotatable bonds is 8.